The SMILES string of the molecule is Cc1ccc(N2CCC[C@H](N(Cc3ccnc(C)c3)Cc3cn(C4CC4)c4cc(C5COCCN5C(=O)OC(C)(C)C)ccc4c3=O)C2)cn1. The molecule has 1 aromatic carbocycles. The number of hydrogen-bond donors (Lipinski definition) is 0. The number of anilines is 1. The highest BCUT2D eigenvalue weighted by molar-refractivity contribution is 5.81. The second-order valence-corrected chi connectivity index (χ2v) is 15.3. The van der Waals surface area contributed by atoms with Crippen LogP contribution in [0.4, 0.5) is 10.5 Å². The number of rotatable bonds is 8. The van der Waals surface area contributed by atoms with Crippen molar-refractivity contribution in [1.29, 1.82) is 0 Å². The van der Waals surface area contributed by atoms with E-state index in [1.54, 1.807) is 4.90 Å². The zero-order valence-corrected chi connectivity index (χ0v) is 30.1. The molecule has 1 unspecified atom stereocenters. The third-order valence-electron chi connectivity index (χ3n) is 10.1. The van der Waals surface area contributed by atoms with Crippen LogP contribution in [0.2, 0.25) is 0 Å². The van der Waals surface area contributed by atoms with E-state index < -0.39 is 5.60 Å². The first-order chi connectivity index (χ1) is 24.0. The van der Waals surface area contributed by atoms with Crippen molar-refractivity contribution in [1.82, 2.24) is 24.3 Å². The van der Waals surface area contributed by atoms with Gasteiger partial charge in [0.25, 0.3) is 0 Å². The predicted molar refractivity (Wildman–Crippen MR) is 195 cm³/mol. The first-order valence-corrected chi connectivity index (χ1v) is 18.1. The molecule has 10 heteroatoms. The van der Waals surface area contributed by atoms with Crippen molar-refractivity contribution in [2.24, 2.45) is 0 Å². The Labute approximate surface area is 295 Å². The molecule has 10 nitrogen and oxygen atoms in total. The normalized spacial score (nSPS) is 20.0. The van der Waals surface area contributed by atoms with Crippen molar-refractivity contribution in [3.63, 3.8) is 0 Å². The molecule has 3 fully saturated rings. The number of amides is 1. The van der Waals surface area contributed by atoms with Crippen molar-refractivity contribution in [3.8, 4) is 0 Å². The van der Waals surface area contributed by atoms with Crippen LogP contribution in [0, 0.1) is 13.8 Å². The molecule has 4 aromatic rings. The molecule has 7 rings (SSSR count). The second kappa shape index (κ2) is 14.2. The van der Waals surface area contributed by atoms with Crippen LogP contribution in [0.5, 0.6) is 0 Å². The molecule has 3 aromatic heterocycles. The molecule has 1 aliphatic carbocycles. The largest absolute Gasteiger partial charge is 0.444 e. The van der Waals surface area contributed by atoms with Crippen molar-refractivity contribution < 1.29 is 14.3 Å². The van der Waals surface area contributed by atoms with Gasteiger partial charge in [0.05, 0.1) is 36.7 Å². The number of benzene rings is 1. The minimum atomic E-state index is -0.593. The minimum absolute atomic E-state index is 0.0682. The van der Waals surface area contributed by atoms with Crippen LogP contribution in [0.15, 0.2) is 65.8 Å². The van der Waals surface area contributed by atoms with E-state index in [1.807, 2.05) is 59.1 Å². The number of fused-ring (bicyclic) bond motifs is 1. The number of aryl methyl sites for hydroxylation is 2. The van der Waals surface area contributed by atoms with Gasteiger partial charge in [-0.2, -0.15) is 0 Å². The topological polar surface area (TPSA) is 93.0 Å². The Morgan fingerprint density at radius 2 is 1.84 bits per heavy atom. The summed E-state index contributed by atoms with van der Waals surface area (Å²) in [6, 6.07) is 14.9. The quantitative estimate of drug-likeness (QED) is 0.203. The average Bonchev–Trinajstić information content (AvgIpc) is 3.94. The number of pyridine rings is 3. The van der Waals surface area contributed by atoms with Crippen molar-refractivity contribution in [2.45, 2.75) is 97.1 Å². The van der Waals surface area contributed by atoms with Crippen LogP contribution in [-0.4, -0.2) is 74.9 Å². The molecule has 5 heterocycles. The number of aromatic nitrogens is 3. The Bertz CT molecular complexity index is 1900. The molecule has 50 heavy (non-hydrogen) atoms. The Kier molecular flexibility index (Phi) is 9.67. The van der Waals surface area contributed by atoms with Gasteiger partial charge in [0.2, 0.25) is 0 Å². The molecule has 2 saturated heterocycles. The Morgan fingerprint density at radius 3 is 2.58 bits per heavy atom. The van der Waals surface area contributed by atoms with E-state index >= 15 is 0 Å². The highest BCUT2D eigenvalue weighted by Crippen LogP contribution is 2.38. The molecule has 2 aliphatic heterocycles. The molecule has 1 saturated carbocycles. The summed E-state index contributed by atoms with van der Waals surface area (Å²) in [7, 11) is 0. The molecule has 0 spiro atoms. The zero-order chi connectivity index (χ0) is 35.0. The molecule has 0 bridgehead atoms. The smallest absolute Gasteiger partial charge is 0.410 e. The van der Waals surface area contributed by atoms with E-state index in [2.05, 4.69) is 60.9 Å². The fourth-order valence-electron chi connectivity index (χ4n) is 7.42. The summed E-state index contributed by atoms with van der Waals surface area (Å²) in [4.78, 5) is 43.3. The number of carbonyl (C=O) groups excluding carboxylic acids is 1. The lowest BCUT2D eigenvalue weighted by Crippen LogP contribution is -2.48. The molecule has 264 valence electrons. The van der Waals surface area contributed by atoms with E-state index in [0.29, 0.717) is 32.3 Å². The molecule has 3 aliphatic rings. The van der Waals surface area contributed by atoms with Crippen LogP contribution in [0.1, 0.15) is 86.6 Å². The van der Waals surface area contributed by atoms with Gasteiger partial charge in [0.1, 0.15) is 5.60 Å². The van der Waals surface area contributed by atoms with E-state index in [9.17, 15) is 9.59 Å². The van der Waals surface area contributed by atoms with Gasteiger partial charge in [-0.15, -0.1) is 0 Å². The fourth-order valence-corrected chi connectivity index (χ4v) is 7.42. The minimum Gasteiger partial charge on any atom is -0.444 e. The lowest BCUT2D eigenvalue weighted by molar-refractivity contribution is -0.0330. The predicted octanol–water partition coefficient (Wildman–Crippen LogP) is 6.72. The van der Waals surface area contributed by atoms with Gasteiger partial charge in [0, 0.05) is 79.5 Å². The zero-order valence-electron chi connectivity index (χ0n) is 30.1. The maximum atomic E-state index is 14.4. The lowest BCUT2D eigenvalue weighted by Gasteiger charge is -2.40. The van der Waals surface area contributed by atoms with Gasteiger partial charge in [-0.1, -0.05) is 6.07 Å². The molecule has 2 atom stereocenters. The van der Waals surface area contributed by atoms with Crippen LogP contribution in [0.25, 0.3) is 10.9 Å². The Balaban J connectivity index is 1.22. The van der Waals surface area contributed by atoms with Crippen LogP contribution in [0.3, 0.4) is 0 Å². The first-order valence-electron chi connectivity index (χ1n) is 18.1. The summed E-state index contributed by atoms with van der Waals surface area (Å²) < 4.78 is 13.9. The van der Waals surface area contributed by atoms with Crippen LogP contribution >= 0.6 is 0 Å². The van der Waals surface area contributed by atoms with E-state index in [-0.39, 0.29) is 23.6 Å². The molecule has 0 radical (unpaired) electrons. The average molecular weight is 679 g/mol. The van der Waals surface area contributed by atoms with Crippen molar-refractivity contribution in [3.05, 3.63) is 99.4 Å². The maximum absolute atomic E-state index is 14.4. The summed E-state index contributed by atoms with van der Waals surface area (Å²) >= 11 is 0. The summed E-state index contributed by atoms with van der Waals surface area (Å²) in [6.07, 6.45) is 9.93. The number of piperidine rings is 1. The van der Waals surface area contributed by atoms with Gasteiger partial charge >= 0.3 is 6.09 Å². The third-order valence-corrected chi connectivity index (χ3v) is 10.1. The molecular formula is C40H50N6O4. The number of ether oxygens (including phenoxy) is 2. The Hall–Kier alpha value is -4.28. The standard InChI is InChI=1S/C40H50N6O4/c1-27-8-10-33(21-42-27)43-16-6-7-34(25-43)44(22-29-14-15-41-28(2)19-29)23-31-24-46(32-11-12-32)36-20-30(9-13-35(36)38(31)47)37-26-49-18-17-45(37)39(48)50-40(3,4)5/h8-10,13-15,19-21,24,32,34,37H,6-7,11-12,16-18,22-23,25-26H2,1-5H3/t34-,37?/m0/s1. The lowest BCUT2D eigenvalue weighted by atomic mass is 10.00. The number of hydrogen-bond acceptors (Lipinski definition) is 8. The maximum Gasteiger partial charge on any atom is 0.410 e. The van der Waals surface area contributed by atoms with E-state index in [1.165, 1.54) is 5.56 Å². The Morgan fingerprint density at radius 1 is 1.00 bits per heavy atom. The van der Waals surface area contributed by atoms with Gasteiger partial charge in [0.15, 0.2) is 5.43 Å². The fraction of sp³-hybridized carbons (Fsp3) is 0.500. The molecule has 1 amide bonds. The van der Waals surface area contributed by atoms with Gasteiger partial charge in [-0.3, -0.25) is 24.6 Å². The first kappa shape index (κ1) is 34.2. The van der Waals surface area contributed by atoms with E-state index in [4.69, 9.17) is 9.47 Å². The van der Waals surface area contributed by atoms with Crippen molar-refractivity contribution >= 4 is 22.7 Å². The number of nitrogens with zero attached hydrogens (tertiary/aromatic N) is 6. The highest BCUT2D eigenvalue weighted by atomic mass is 16.6. The monoisotopic (exact) mass is 678 g/mol. The molecular weight excluding hydrogens is 628 g/mol. The summed E-state index contributed by atoms with van der Waals surface area (Å²) in [5.74, 6) is 0. The van der Waals surface area contributed by atoms with Gasteiger partial charge in [-0.25, -0.2) is 4.79 Å². The van der Waals surface area contributed by atoms with E-state index in [0.717, 1.165) is 84.4 Å². The van der Waals surface area contributed by atoms with Gasteiger partial charge < -0.3 is 18.9 Å². The highest BCUT2D eigenvalue weighted by Gasteiger charge is 2.34. The van der Waals surface area contributed by atoms with Gasteiger partial charge in [-0.05, 0) is 108 Å². The summed E-state index contributed by atoms with van der Waals surface area (Å²) in [5.41, 5.74) is 6.50. The summed E-state index contributed by atoms with van der Waals surface area (Å²) in [6.45, 7) is 14.2. The second-order valence-electron chi connectivity index (χ2n) is 15.3. The third kappa shape index (κ3) is 7.71. The van der Waals surface area contributed by atoms with Crippen LogP contribution in [-0.2, 0) is 22.6 Å². The molecule has 0 N–H and O–H groups in total. The van der Waals surface area contributed by atoms with Crippen LogP contribution < -0.4 is 10.3 Å². The van der Waals surface area contributed by atoms with Crippen molar-refractivity contribution in [2.75, 3.05) is 37.7 Å². The number of carbonyl (C=O) groups is 1. The number of morpholine rings is 1. The summed E-state index contributed by atoms with van der Waals surface area (Å²) in [5, 5.41) is 0.717.